The third-order valence-corrected chi connectivity index (χ3v) is 6.77. The highest BCUT2D eigenvalue weighted by Gasteiger charge is 2.23. The Labute approximate surface area is 193 Å². The number of carbonyl (C=O) groups is 2. The van der Waals surface area contributed by atoms with Crippen LogP contribution in [0, 0.1) is 0 Å². The summed E-state index contributed by atoms with van der Waals surface area (Å²) in [5.74, 6) is -0.427. The van der Waals surface area contributed by atoms with E-state index in [0.29, 0.717) is 23.6 Å². The van der Waals surface area contributed by atoms with Crippen molar-refractivity contribution in [2.24, 2.45) is 0 Å². The minimum absolute atomic E-state index is 0.0314. The molecule has 0 spiro atoms. The lowest BCUT2D eigenvalue weighted by molar-refractivity contribution is 0.0318. The largest absolute Gasteiger partial charge is 0.494 e. The van der Waals surface area contributed by atoms with Crippen molar-refractivity contribution < 1.29 is 27.5 Å². The highest BCUT2D eigenvalue weighted by atomic mass is 32.2. The van der Waals surface area contributed by atoms with E-state index in [1.165, 1.54) is 38.2 Å². The van der Waals surface area contributed by atoms with Crippen molar-refractivity contribution in [2.45, 2.75) is 24.8 Å². The number of hydrogen-bond donors (Lipinski definition) is 0. The van der Waals surface area contributed by atoms with Crippen LogP contribution in [0.4, 0.5) is 5.69 Å². The van der Waals surface area contributed by atoms with Crippen LogP contribution in [0.15, 0.2) is 83.8 Å². The van der Waals surface area contributed by atoms with Gasteiger partial charge in [0, 0.05) is 12.6 Å². The summed E-state index contributed by atoms with van der Waals surface area (Å²) in [5.41, 5.74) is 1.05. The Morgan fingerprint density at radius 1 is 0.879 bits per heavy atom. The van der Waals surface area contributed by atoms with Gasteiger partial charge in [-0.1, -0.05) is 18.2 Å². The fourth-order valence-electron chi connectivity index (χ4n) is 3.10. The first-order valence-corrected chi connectivity index (χ1v) is 11.8. The maximum absolute atomic E-state index is 12.9. The van der Waals surface area contributed by atoms with Gasteiger partial charge in [0.05, 0.1) is 22.8 Å². The maximum Gasteiger partial charge on any atom is 0.338 e. The van der Waals surface area contributed by atoms with Crippen LogP contribution < -0.4 is 9.04 Å². The van der Waals surface area contributed by atoms with Gasteiger partial charge in [-0.3, -0.25) is 9.10 Å². The van der Waals surface area contributed by atoms with Crippen molar-refractivity contribution in [1.82, 2.24) is 0 Å². The molecular weight excluding hydrogens is 442 g/mol. The van der Waals surface area contributed by atoms with E-state index < -0.39 is 22.1 Å². The van der Waals surface area contributed by atoms with Gasteiger partial charge in [-0.05, 0) is 74.5 Å². The number of ether oxygens (including phenoxy) is 2. The van der Waals surface area contributed by atoms with Gasteiger partial charge in [-0.2, -0.15) is 0 Å². The van der Waals surface area contributed by atoms with Crippen molar-refractivity contribution in [1.29, 1.82) is 0 Å². The number of hydrogen-bond acceptors (Lipinski definition) is 6. The summed E-state index contributed by atoms with van der Waals surface area (Å²) in [6, 6.07) is 20.6. The zero-order valence-corrected chi connectivity index (χ0v) is 19.4. The van der Waals surface area contributed by atoms with Gasteiger partial charge in [0.2, 0.25) is 5.78 Å². The Bertz CT molecular complexity index is 1210. The Kier molecular flexibility index (Phi) is 7.50. The van der Waals surface area contributed by atoms with Crippen molar-refractivity contribution in [2.75, 3.05) is 18.0 Å². The SMILES string of the molecule is CCOc1ccc(C(=O)[C@H](C)OC(=O)c2ccc(S(=O)(=O)N(C)c3ccccc3)cc2)cc1. The third-order valence-electron chi connectivity index (χ3n) is 4.97. The molecule has 0 saturated carbocycles. The quantitative estimate of drug-likeness (QED) is 0.344. The summed E-state index contributed by atoms with van der Waals surface area (Å²) in [7, 11) is -2.34. The molecule has 3 aromatic rings. The molecule has 0 unspecified atom stereocenters. The normalized spacial score (nSPS) is 12.0. The number of esters is 1. The second-order valence-electron chi connectivity index (χ2n) is 7.20. The lowest BCUT2D eigenvalue weighted by Crippen LogP contribution is -2.26. The molecular formula is C25H25NO6S. The van der Waals surface area contributed by atoms with Crippen molar-refractivity contribution >= 4 is 27.5 Å². The first-order valence-electron chi connectivity index (χ1n) is 10.4. The molecule has 0 N–H and O–H groups in total. The number of Topliss-reactive ketones (excluding diaryl/α,β-unsaturated/α-hetero) is 1. The first kappa shape index (κ1) is 24.0. The summed E-state index contributed by atoms with van der Waals surface area (Å²) < 4.78 is 37.5. The Morgan fingerprint density at radius 3 is 2.03 bits per heavy atom. The first-order chi connectivity index (χ1) is 15.7. The summed E-state index contributed by atoms with van der Waals surface area (Å²) in [6.07, 6.45) is -1.01. The molecule has 0 heterocycles. The predicted octanol–water partition coefficient (Wildman–Crippen LogP) is 4.34. The fourth-order valence-corrected chi connectivity index (χ4v) is 4.29. The topological polar surface area (TPSA) is 90.0 Å². The van der Waals surface area contributed by atoms with Crippen molar-refractivity contribution in [3.8, 4) is 5.75 Å². The maximum atomic E-state index is 12.9. The van der Waals surface area contributed by atoms with Gasteiger partial charge in [0.15, 0.2) is 6.10 Å². The molecule has 3 aromatic carbocycles. The van der Waals surface area contributed by atoms with Gasteiger partial charge in [-0.15, -0.1) is 0 Å². The number of sulfonamides is 1. The lowest BCUT2D eigenvalue weighted by atomic mass is 10.1. The molecule has 33 heavy (non-hydrogen) atoms. The molecule has 8 heteroatoms. The average molecular weight is 468 g/mol. The Hall–Kier alpha value is -3.65. The van der Waals surface area contributed by atoms with E-state index in [2.05, 4.69) is 0 Å². The predicted molar refractivity (Wildman–Crippen MR) is 125 cm³/mol. The second kappa shape index (κ2) is 10.3. The van der Waals surface area contributed by atoms with Crippen LogP contribution in [-0.2, 0) is 14.8 Å². The Morgan fingerprint density at radius 2 is 1.45 bits per heavy atom. The van der Waals surface area contributed by atoms with Crippen LogP contribution >= 0.6 is 0 Å². The van der Waals surface area contributed by atoms with Gasteiger partial charge in [0.25, 0.3) is 10.0 Å². The highest BCUT2D eigenvalue weighted by molar-refractivity contribution is 7.92. The molecule has 0 amide bonds. The van der Waals surface area contributed by atoms with Crippen LogP contribution in [0.1, 0.15) is 34.6 Å². The Balaban J connectivity index is 1.67. The van der Waals surface area contributed by atoms with E-state index in [4.69, 9.17) is 9.47 Å². The monoisotopic (exact) mass is 467 g/mol. The third kappa shape index (κ3) is 5.59. The number of benzene rings is 3. The molecule has 0 aliphatic carbocycles. The van der Waals surface area contributed by atoms with Gasteiger partial charge in [0.1, 0.15) is 5.75 Å². The number of nitrogens with zero attached hydrogens (tertiary/aromatic N) is 1. The fraction of sp³-hybridized carbons (Fsp3) is 0.200. The lowest BCUT2D eigenvalue weighted by Gasteiger charge is -2.19. The zero-order valence-electron chi connectivity index (χ0n) is 18.6. The highest BCUT2D eigenvalue weighted by Crippen LogP contribution is 2.22. The summed E-state index contributed by atoms with van der Waals surface area (Å²) >= 11 is 0. The zero-order chi connectivity index (χ0) is 24.0. The average Bonchev–Trinajstić information content (AvgIpc) is 2.84. The number of para-hydroxylation sites is 1. The molecule has 1 atom stereocenters. The van der Waals surface area contributed by atoms with Crippen LogP contribution in [0.25, 0.3) is 0 Å². The smallest absolute Gasteiger partial charge is 0.338 e. The molecule has 172 valence electrons. The van der Waals surface area contributed by atoms with Gasteiger partial charge in [-0.25, -0.2) is 13.2 Å². The van der Waals surface area contributed by atoms with E-state index in [9.17, 15) is 18.0 Å². The minimum atomic E-state index is -3.80. The van der Waals surface area contributed by atoms with Crippen molar-refractivity contribution in [3.05, 3.63) is 90.0 Å². The van der Waals surface area contributed by atoms with Crippen LogP contribution in [0.3, 0.4) is 0 Å². The van der Waals surface area contributed by atoms with E-state index in [1.54, 1.807) is 54.6 Å². The number of ketones is 1. The van der Waals surface area contributed by atoms with Gasteiger partial charge < -0.3 is 9.47 Å². The molecule has 0 aliphatic heterocycles. The molecule has 0 aromatic heterocycles. The molecule has 3 rings (SSSR count). The van der Waals surface area contributed by atoms with Crippen LogP contribution in [0.5, 0.6) is 5.75 Å². The van der Waals surface area contributed by atoms with E-state index in [1.807, 2.05) is 6.92 Å². The summed E-state index contributed by atoms with van der Waals surface area (Å²) in [6.45, 7) is 3.87. The van der Waals surface area contributed by atoms with Crippen molar-refractivity contribution in [3.63, 3.8) is 0 Å². The standard InChI is InChI=1S/C25H25NO6S/c1-4-31-22-14-10-19(11-15-22)24(27)18(2)32-25(28)20-12-16-23(17-13-20)33(29,30)26(3)21-8-6-5-7-9-21/h5-18H,4H2,1-3H3/t18-/m0/s1. The summed E-state index contributed by atoms with van der Waals surface area (Å²) in [5, 5.41) is 0. The molecule has 0 aliphatic rings. The van der Waals surface area contributed by atoms with Gasteiger partial charge >= 0.3 is 5.97 Å². The molecule has 0 fully saturated rings. The minimum Gasteiger partial charge on any atom is -0.494 e. The van der Waals surface area contributed by atoms with Crippen LogP contribution in [0.2, 0.25) is 0 Å². The second-order valence-corrected chi connectivity index (χ2v) is 9.17. The molecule has 7 nitrogen and oxygen atoms in total. The molecule has 0 bridgehead atoms. The molecule has 0 radical (unpaired) electrons. The number of anilines is 1. The molecule has 0 saturated heterocycles. The number of rotatable bonds is 9. The number of carbonyl (C=O) groups excluding carboxylic acids is 2. The van der Waals surface area contributed by atoms with E-state index in [-0.39, 0.29) is 16.2 Å². The summed E-state index contributed by atoms with van der Waals surface area (Å²) in [4.78, 5) is 25.1. The van der Waals surface area contributed by atoms with E-state index >= 15 is 0 Å². The van der Waals surface area contributed by atoms with E-state index in [0.717, 1.165) is 4.31 Å². The van der Waals surface area contributed by atoms with Crippen LogP contribution in [-0.4, -0.2) is 39.9 Å².